The van der Waals surface area contributed by atoms with Crippen LogP contribution < -0.4 is 10.1 Å². The number of carbonyl (C=O) groups is 2. The summed E-state index contributed by atoms with van der Waals surface area (Å²) >= 11 is 0. The van der Waals surface area contributed by atoms with E-state index in [2.05, 4.69) is 5.32 Å². The van der Waals surface area contributed by atoms with Crippen molar-refractivity contribution >= 4 is 17.5 Å². The van der Waals surface area contributed by atoms with Crippen molar-refractivity contribution in [1.82, 2.24) is 4.90 Å². The summed E-state index contributed by atoms with van der Waals surface area (Å²) in [5.74, 6) is 0.428. The number of fused-ring (bicyclic) bond motifs is 1. The van der Waals surface area contributed by atoms with Crippen LogP contribution in [-0.2, 0) is 4.79 Å². The fourth-order valence-corrected chi connectivity index (χ4v) is 3.89. The molecule has 1 aliphatic heterocycles. The minimum Gasteiger partial charge on any atom is -0.490 e. The molecule has 0 unspecified atom stereocenters. The van der Waals surface area contributed by atoms with Crippen molar-refractivity contribution in [3.05, 3.63) is 23.8 Å². The number of amides is 2. The van der Waals surface area contributed by atoms with Gasteiger partial charge in [0.25, 0.3) is 5.91 Å². The number of benzene rings is 1. The molecule has 0 bridgehead atoms. The Morgan fingerprint density at radius 1 is 1.33 bits per heavy atom. The lowest BCUT2D eigenvalue weighted by molar-refractivity contribution is -0.120. The first-order chi connectivity index (χ1) is 13.0. The van der Waals surface area contributed by atoms with Gasteiger partial charge in [0.1, 0.15) is 0 Å². The summed E-state index contributed by atoms with van der Waals surface area (Å²) in [6.07, 6.45) is 5.20. The van der Waals surface area contributed by atoms with E-state index in [0.29, 0.717) is 30.2 Å². The molecule has 2 N–H and O–H groups in total. The van der Waals surface area contributed by atoms with Crippen molar-refractivity contribution < 1.29 is 19.4 Å². The van der Waals surface area contributed by atoms with Gasteiger partial charge in [-0.05, 0) is 31.9 Å². The normalized spacial score (nSPS) is 22.3. The average Bonchev–Trinajstić information content (AvgIpc) is 2.69. The van der Waals surface area contributed by atoms with Crippen LogP contribution >= 0.6 is 0 Å². The molecule has 2 amide bonds. The molecule has 27 heavy (non-hydrogen) atoms. The molecule has 1 aliphatic carbocycles. The molecule has 6 nitrogen and oxygen atoms in total. The quantitative estimate of drug-likeness (QED) is 0.849. The second kappa shape index (κ2) is 8.74. The van der Waals surface area contributed by atoms with Crippen LogP contribution in [0.25, 0.3) is 0 Å². The van der Waals surface area contributed by atoms with Gasteiger partial charge in [0, 0.05) is 18.4 Å². The van der Waals surface area contributed by atoms with Crippen LogP contribution in [0.4, 0.5) is 5.69 Å². The van der Waals surface area contributed by atoms with E-state index in [1.807, 2.05) is 13.8 Å². The number of ether oxygens (including phenoxy) is 1. The van der Waals surface area contributed by atoms with E-state index >= 15 is 0 Å². The molecule has 1 saturated carbocycles. The SMILES string of the molecule is C[C@H]1COc2c(NC(=O)C3CCCCC3)cccc2C(=O)N([C@@H](C)CO)C1. The Morgan fingerprint density at radius 3 is 2.78 bits per heavy atom. The number of carbonyl (C=O) groups excluding carboxylic acids is 2. The largest absolute Gasteiger partial charge is 0.490 e. The highest BCUT2D eigenvalue weighted by Crippen LogP contribution is 2.34. The van der Waals surface area contributed by atoms with Gasteiger partial charge < -0.3 is 20.1 Å². The first-order valence-electron chi connectivity index (χ1n) is 9.99. The molecule has 148 valence electrons. The summed E-state index contributed by atoms with van der Waals surface area (Å²) in [6.45, 7) is 4.73. The monoisotopic (exact) mass is 374 g/mol. The van der Waals surface area contributed by atoms with Crippen LogP contribution in [-0.4, -0.2) is 47.6 Å². The zero-order chi connectivity index (χ0) is 19.4. The molecule has 2 aliphatic rings. The molecule has 1 aromatic rings. The van der Waals surface area contributed by atoms with E-state index < -0.39 is 0 Å². The standard InChI is InChI=1S/C21H30N2O4/c1-14-11-23(15(2)12-24)21(26)17-9-6-10-18(19(17)27-13-14)22-20(25)16-7-4-3-5-8-16/h6,9-10,14-16,24H,3-5,7-8,11-13H2,1-2H3,(H,22,25)/t14-,15+/m1/s1. The van der Waals surface area contributed by atoms with Crippen LogP contribution in [0.15, 0.2) is 18.2 Å². The molecule has 1 fully saturated rings. The van der Waals surface area contributed by atoms with Gasteiger partial charge in [0.2, 0.25) is 5.91 Å². The molecule has 1 heterocycles. The molecule has 0 radical (unpaired) electrons. The van der Waals surface area contributed by atoms with E-state index in [1.54, 1.807) is 23.1 Å². The third-order valence-electron chi connectivity index (χ3n) is 5.56. The summed E-state index contributed by atoms with van der Waals surface area (Å²) < 4.78 is 5.97. The van der Waals surface area contributed by atoms with Crippen molar-refractivity contribution in [3.63, 3.8) is 0 Å². The number of aliphatic hydroxyl groups excluding tert-OH is 1. The third kappa shape index (κ3) is 4.43. The lowest BCUT2D eigenvalue weighted by Crippen LogP contribution is -2.45. The number of anilines is 1. The molecule has 0 saturated heterocycles. The van der Waals surface area contributed by atoms with Crippen LogP contribution in [0.2, 0.25) is 0 Å². The summed E-state index contributed by atoms with van der Waals surface area (Å²) in [6, 6.07) is 5.01. The lowest BCUT2D eigenvalue weighted by Gasteiger charge is -2.34. The van der Waals surface area contributed by atoms with Gasteiger partial charge in [-0.3, -0.25) is 9.59 Å². The Bertz CT molecular complexity index is 685. The van der Waals surface area contributed by atoms with Crippen LogP contribution in [0.1, 0.15) is 56.3 Å². The van der Waals surface area contributed by atoms with Gasteiger partial charge in [0.05, 0.1) is 30.5 Å². The number of rotatable bonds is 4. The molecule has 6 heteroatoms. The van der Waals surface area contributed by atoms with Gasteiger partial charge in [-0.1, -0.05) is 32.3 Å². The number of para-hydroxylation sites is 1. The Labute approximate surface area is 160 Å². The maximum absolute atomic E-state index is 13.1. The molecular weight excluding hydrogens is 344 g/mol. The second-order valence-electron chi connectivity index (χ2n) is 7.91. The van der Waals surface area contributed by atoms with E-state index in [-0.39, 0.29) is 36.3 Å². The minimum atomic E-state index is -0.272. The van der Waals surface area contributed by atoms with Crippen molar-refractivity contribution in [3.8, 4) is 5.75 Å². The van der Waals surface area contributed by atoms with Crippen molar-refractivity contribution in [2.45, 2.75) is 52.0 Å². The Hall–Kier alpha value is -2.08. The Morgan fingerprint density at radius 2 is 2.07 bits per heavy atom. The van der Waals surface area contributed by atoms with Gasteiger partial charge in [-0.15, -0.1) is 0 Å². The van der Waals surface area contributed by atoms with Crippen LogP contribution in [0.5, 0.6) is 5.75 Å². The Balaban J connectivity index is 1.88. The van der Waals surface area contributed by atoms with Gasteiger partial charge in [0.15, 0.2) is 5.75 Å². The van der Waals surface area contributed by atoms with Crippen molar-refractivity contribution in [2.24, 2.45) is 11.8 Å². The zero-order valence-electron chi connectivity index (χ0n) is 16.2. The molecule has 3 rings (SSSR count). The highest BCUT2D eigenvalue weighted by Gasteiger charge is 2.30. The summed E-state index contributed by atoms with van der Waals surface area (Å²) in [4.78, 5) is 27.5. The summed E-state index contributed by atoms with van der Waals surface area (Å²) in [7, 11) is 0. The smallest absolute Gasteiger partial charge is 0.258 e. The van der Waals surface area contributed by atoms with Crippen molar-refractivity contribution in [2.75, 3.05) is 25.1 Å². The van der Waals surface area contributed by atoms with Crippen LogP contribution in [0.3, 0.4) is 0 Å². The fourth-order valence-electron chi connectivity index (χ4n) is 3.89. The second-order valence-corrected chi connectivity index (χ2v) is 7.91. The maximum Gasteiger partial charge on any atom is 0.258 e. The molecule has 2 atom stereocenters. The number of nitrogens with zero attached hydrogens (tertiary/aromatic N) is 1. The average molecular weight is 374 g/mol. The van der Waals surface area contributed by atoms with Gasteiger partial charge in [-0.25, -0.2) is 0 Å². The lowest BCUT2D eigenvalue weighted by atomic mass is 9.88. The summed E-state index contributed by atoms with van der Waals surface area (Å²) in [5, 5.41) is 12.5. The molecular formula is C21H30N2O4. The number of aliphatic hydroxyl groups is 1. The van der Waals surface area contributed by atoms with Crippen molar-refractivity contribution in [1.29, 1.82) is 0 Å². The van der Waals surface area contributed by atoms with E-state index in [9.17, 15) is 14.7 Å². The van der Waals surface area contributed by atoms with Gasteiger partial charge in [-0.2, -0.15) is 0 Å². The fraction of sp³-hybridized carbons (Fsp3) is 0.619. The van der Waals surface area contributed by atoms with E-state index in [1.165, 1.54) is 6.42 Å². The van der Waals surface area contributed by atoms with E-state index in [4.69, 9.17) is 4.74 Å². The predicted octanol–water partition coefficient (Wildman–Crippen LogP) is 3.06. The highest BCUT2D eigenvalue weighted by atomic mass is 16.5. The number of nitrogens with one attached hydrogen (secondary N) is 1. The maximum atomic E-state index is 13.1. The minimum absolute atomic E-state index is 0.00911. The number of hydrogen-bond acceptors (Lipinski definition) is 4. The van der Waals surface area contributed by atoms with E-state index in [0.717, 1.165) is 25.7 Å². The first kappa shape index (κ1) is 19.7. The predicted molar refractivity (Wildman–Crippen MR) is 104 cm³/mol. The van der Waals surface area contributed by atoms with Crippen LogP contribution in [0, 0.1) is 11.8 Å². The molecule has 1 aromatic carbocycles. The summed E-state index contributed by atoms with van der Waals surface area (Å²) in [5.41, 5.74) is 0.991. The highest BCUT2D eigenvalue weighted by molar-refractivity contribution is 6.02. The zero-order valence-corrected chi connectivity index (χ0v) is 16.2. The topological polar surface area (TPSA) is 78.9 Å². The number of hydrogen-bond donors (Lipinski definition) is 2. The Kier molecular flexibility index (Phi) is 6.37. The first-order valence-corrected chi connectivity index (χ1v) is 9.99. The molecule has 0 aromatic heterocycles. The molecule has 0 spiro atoms. The third-order valence-corrected chi connectivity index (χ3v) is 5.56. The van der Waals surface area contributed by atoms with Gasteiger partial charge >= 0.3 is 0 Å².